The molecule has 0 spiro atoms. The molecule has 0 saturated heterocycles. The van der Waals surface area contributed by atoms with Crippen molar-refractivity contribution in [1.82, 2.24) is 58.8 Å². The molecule has 2 aromatic carbocycles. The summed E-state index contributed by atoms with van der Waals surface area (Å²) in [5, 5.41) is 11.1. The first-order valence-corrected chi connectivity index (χ1v) is 24.0. The minimum atomic E-state index is -0.120. The van der Waals surface area contributed by atoms with E-state index in [1.807, 2.05) is 67.4 Å². The molecule has 3 N–H and O–H groups in total. The van der Waals surface area contributed by atoms with E-state index in [-0.39, 0.29) is 58.8 Å². The van der Waals surface area contributed by atoms with E-state index in [0.29, 0.717) is 34.0 Å². The number of hydrogen-bond donors (Lipinski definition) is 3. The molecule has 16 nitrogen and oxygen atoms in total. The van der Waals surface area contributed by atoms with Crippen molar-refractivity contribution in [2.75, 3.05) is 30.8 Å². The standard InChI is InChI=1S/C27H33N7O.C26H31N7O.2ClH/c1-17(2)33-25(35)22-15-29-26(30-20-8-7-19-16-32(6)12-10-18(19)13-20)31-24(22)34(33)21-9-11-28-23(14-21)27(3,4)5;1-16(2)32-24(34)21-15-29-25(30-19-7-6-18-14-27-10-8-17(18)12-19)31-23(21)33(32)20-9-11-28-22(13-20)26(3,4)5;;/h7-9,11,13-15,17H,10,12,16H2,1-6H3,(H,29,30,31);6-7,9,11-13,15-16,27H,8,10,14H2,1-5H3,(H,29,30,31);2*1H. The second-order valence-corrected chi connectivity index (χ2v) is 20.9. The zero-order valence-electron chi connectivity index (χ0n) is 42.5. The fourth-order valence-corrected chi connectivity index (χ4v) is 9.06. The van der Waals surface area contributed by atoms with E-state index in [1.165, 1.54) is 22.3 Å². The summed E-state index contributed by atoms with van der Waals surface area (Å²) in [6.07, 6.45) is 8.86. The molecule has 0 bridgehead atoms. The van der Waals surface area contributed by atoms with E-state index in [1.54, 1.807) is 34.2 Å². The summed E-state index contributed by atoms with van der Waals surface area (Å²) in [4.78, 5) is 56.6. The van der Waals surface area contributed by atoms with Gasteiger partial charge in [0.25, 0.3) is 11.1 Å². The minimum Gasteiger partial charge on any atom is -0.324 e. The molecule has 8 aromatic rings. The lowest BCUT2D eigenvalue weighted by Crippen LogP contribution is -2.26. The Balaban J connectivity index is 0.000000203. The molecular weight excluding hydrogens is 936 g/mol. The summed E-state index contributed by atoms with van der Waals surface area (Å²) < 4.78 is 7.26. The van der Waals surface area contributed by atoms with Gasteiger partial charge in [-0.15, -0.1) is 24.8 Å². The highest BCUT2D eigenvalue weighted by Gasteiger charge is 2.24. The van der Waals surface area contributed by atoms with E-state index < -0.39 is 0 Å². The van der Waals surface area contributed by atoms with Gasteiger partial charge in [-0.1, -0.05) is 53.7 Å². The van der Waals surface area contributed by atoms with Crippen molar-refractivity contribution >= 4 is 70.2 Å². The molecule has 6 aromatic heterocycles. The summed E-state index contributed by atoms with van der Waals surface area (Å²) in [5.74, 6) is 0.922. The monoisotopic (exact) mass is 1000 g/mol. The average molecular weight is 1000 g/mol. The van der Waals surface area contributed by atoms with Crippen LogP contribution in [0.4, 0.5) is 23.3 Å². The highest BCUT2D eigenvalue weighted by Crippen LogP contribution is 2.29. The smallest absolute Gasteiger partial charge is 0.278 e. The molecule has 2 aliphatic rings. The van der Waals surface area contributed by atoms with Gasteiger partial charge in [0.2, 0.25) is 11.9 Å². The molecule has 0 aliphatic carbocycles. The highest BCUT2D eigenvalue weighted by molar-refractivity contribution is 5.85. The van der Waals surface area contributed by atoms with Gasteiger partial charge in [0.15, 0.2) is 11.3 Å². The first-order chi connectivity index (χ1) is 32.8. The highest BCUT2D eigenvalue weighted by atomic mass is 35.5. The van der Waals surface area contributed by atoms with Crippen LogP contribution in [0.5, 0.6) is 0 Å². The predicted molar refractivity (Wildman–Crippen MR) is 289 cm³/mol. The molecular formula is C53H66Cl2N14O2. The van der Waals surface area contributed by atoms with E-state index >= 15 is 0 Å². The van der Waals surface area contributed by atoms with Crippen LogP contribution in [0, 0.1) is 0 Å². The van der Waals surface area contributed by atoms with Gasteiger partial charge >= 0.3 is 0 Å². The van der Waals surface area contributed by atoms with Crippen molar-refractivity contribution in [3.8, 4) is 11.4 Å². The van der Waals surface area contributed by atoms with Crippen molar-refractivity contribution in [3.05, 3.63) is 140 Å². The largest absolute Gasteiger partial charge is 0.324 e. The Morgan fingerprint density at radius 1 is 0.592 bits per heavy atom. The van der Waals surface area contributed by atoms with Gasteiger partial charge in [0, 0.05) is 90.1 Å². The molecule has 0 radical (unpaired) electrons. The normalized spacial score (nSPS) is 13.8. The lowest BCUT2D eigenvalue weighted by Gasteiger charge is -2.25. The van der Waals surface area contributed by atoms with Crippen molar-refractivity contribution in [3.63, 3.8) is 0 Å². The number of aromatic nitrogens is 10. The Hall–Kier alpha value is -6.46. The average Bonchev–Trinajstić information content (AvgIpc) is 3.78. The molecule has 0 atom stereocenters. The lowest BCUT2D eigenvalue weighted by molar-refractivity contribution is 0.313. The number of fused-ring (bicyclic) bond motifs is 4. The van der Waals surface area contributed by atoms with Gasteiger partial charge in [-0.05, 0) is 125 Å². The van der Waals surface area contributed by atoms with Gasteiger partial charge < -0.3 is 20.9 Å². The summed E-state index contributed by atoms with van der Waals surface area (Å²) in [6, 6.07) is 20.5. The Labute approximate surface area is 427 Å². The molecule has 0 amide bonds. The van der Waals surface area contributed by atoms with Crippen molar-refractivity contribution in [2.24, 2.45) is 0 Å². The van der Waals surface area contributed by atoms with Crippen LogP contribution in [0.15, 0.2) is 95.0 Å². The number of nitrogens with one attached hydrogen (secondary N) is 3. The summed E-state index contributed by atoms with van der Waals surface area (Å²) >= 11 is 0. The number of halogens is 2. The number of anilines is 4. The van der Waals surface area contributed by atoms with Crippen LogP contribution >= 0.6 is 24.8 Å². The van der Waals surface area contributed by atoms with Crippen molar-refractivity contribution in [2.45, 2.75) is 118 Å². The van der Waals surface area contributed by atoms with Crippen LogP contribution in [0.3, 0.4) is 0 Å². The van der Waals surface area contributed by atoms with E-state index in [2.05, 4.69) is 120 Å². The molecule has 0 unspecified atom stereocenters. The molecule has 18 heteroatoms. The molecule has 2 aliphatic heterocycles. The number of benzene rings is 2. The second-order valence-electron chi connectivity index (χ2n) is 20.9. The first-order valence-electron chi connectivity index (χ1n) is 24.0. The topological polar surface area (TPSA) is 171 Å². The number of hydrogen-bond acceptors (Lipinski definition) is 12. The zero-order valence-corrected chi connectivity index (χ0v) is 44.2. The van der Waals surface area contributed by atoms with E-state index in [0.717, 1.165) is 73.2 Å². The van der Waals surface area contributed by atoms with Gasteiger partial charge in [-0.2, -0.15) is 9.97 Å². The molecule has 10 rings (SSSR count). The summed E-state index contributed by atoms with van der Waals surface area (Å²) in [6.45, 7) is 24.7. The number of pyridine rings is 2. The quantitative estimate of drug-likeness (QED) is 0.132. The van der Waals surface area contributed by atoms with Crippen LogP contribution in [0.2, 0.25) is 0 Å². The Kier molecular flexibility index (Phi) is 15.3. The molecule has 0 saturated carbocycles. The third-order valence-electron chi connectivity index (χ3n) is 12.8. The maximum atomic E-state index is 13.3. The lowest BCUT2D eigenvalue weighted by atomic mass is 9.91. The predicted octanol–water partition coefficient (Wildman–Crippen LogP) is 9.68. The maximum absolute atomic E-state index is 13.3. The Morgan fingerprint density at radius 3 is 1.52 bits per heavy atom. The zero-order chi connectivity index (χ0) is 48.9. The summed E-state index contributed by atoms with van der Waals surface area (Å²) in [7, 11) is 2.15. The van der Waals surface area contributed by atoms with E-state index in [9.17, 15) is 9.59 Å². The number of nitrogens with zero attached hydrogens (tertiary/aromatic N) is 11. The third-order valence-corrected chi connectivity index (χ3v) is 12.8. The van der Waals surface area contributed by atoms with Crippen LogP contribution in [0.25, 0.3) is 33.4 Å². The van der Waals surface area contributed by atoms with Gasteiger partial charge in [0.05, 0.1) is 11.4 Å². The first kappa shape index (κ1) is 52.4. The fraction of sp³-hybridized carbons (Fsp3) is 0.396. The van der Waals surface area contributed by atoms with Gasteiger partial charge in [-0.25, -0.2) is 28.7 Å². The molecule has 8 heterocycles. The Morgan fingerprint density at radius 2 is 1.06 bits per heavy atom. The van der Waals surface area contributed by atoms with E-state index in [4.69, 9.17) is 9.97 Å². The second kappa shape index (κ2) is 20.7. The SMILES string of the molecule is CC(C)n1c(=O)c2cnc(Nc3ccc4c(c3)CCN(C)C4)nc2n1-c1ccnc(C(C)(C)C)c1.CC(C)n1c(=O)c2cnc(Nc3ccc4c(c3)CCNC4)nc2n1-c1ccnc(C(C)(C)C)c1.Cl.Cl. The van der Waals surface area contributed by atoms with Crippen LogP contribution in [-0.2, 0) is 36.8 Å². The molecule has 71 heavy (non-hydrogen) atoms. The van der Waals surface area contributed by atoms with Crippen LogP contribution in [0.1, 0.15) is 115 Å². The molecule has 374 valence electrons. The maximum Gasteiger partial charge on any atom is 0.278 e. The Bertz CT molecular complexity index is 3340. The van der Waals surface area contributed by atoms with Crippen LogP contribution < -0.4 is 27.1 Å². The van der Waals surface area contributed by atoms with Crippen LogP contribution in [-0.4, -0.2) is 73.7 Å². The number of rotatable bonds is 8. The summed E-state index contributed by atoms with van der Waals surface area (Å²) in [5.41, 5.74) is 11.6. The van der Waals surface area contributed by atoms with Crippen molar-refractivity contribution in [1.29, 1.82) is 0 Å². The molecule has 0 fully saturated rings. The van der Waals surface area contributed by atoms with Gasteiger partial charge in [0.1, 0.15) is 10.8 Å². The van der Waals surface area contributed by atoms with Crippen molar-refractivity contribution < 1.29 is 0 Å². The third kappa shape index (κ3) is 10.8. The number of likely N-dealkylation sites (N-methyl/N-ethyl adjacent to an activating group) is 1. The van der Waals surface area contributed by atoms with Gasteiger partial charge in [-0.3, -0.25) is 19.6 Å². The minimum absolute atomic E-state index is 0. The fourth-order valence-electron chi connectivity index (χ4n) is 9.06.